The third-order valence-electron chi connectivity index (χ3n) is 2.76. The van der Waals surface area contributed by atoms with E-state index in [0.29, 0.717) is 11.6 Å². The van der Waals surface area contributed by atoms with E-state index >= 15 is 0 Å². The Balaban J connectivity index is 2.12. The molecule has 0 N–H and O–H groups in total. The maximum absolute atomic E-state index is 11.3. The monoisotopic (exact) mass is 253 g/mol. The Bertz CT molecular complexity index is 777. The van der Waals surface area contributed by atoms with Crippen LogP contribution < -0.4 is 0 Å². The lowest BCUT2D eigenvalue weighted by molar-refractivity contribution is 0.100. The summed E-state index contributed by atoms with van der Waals surface area (Å²) in [6, 6.07) is 7.39. The molecular weight excluding hydrogens is 242 g/mol. The summed E-state index contributed by atoms with van der Waals surface area (Å²) >= 11 is 0. The SMILES string of the molecule is CC(=O)c1nccc(-c2ccc3oc(C)nc3c2)n1. The number of ketones is 1. The molecule has 0 atom stereocenters. The van der Waals surface area contributed by atoms with E-state index < -0.39 is 0 Å². The summed E-state index contributed by atoms with van der Waals surface area (Å²) in [5.41, 5.74) is 3.09. The molecule has 5 heteroatoms. The molecule has 94 valence electrons. The molecule has 1 aromatic carbocycles. The molecule has 0 bridgehead atoms. The van der Waals surface area contributed by atoms with Crippen molar-refractivity contribution in [3.63, 3.8) is 0 Å². The van der Waals surface area contributed by atoms with Crippen molar-refractivity contribution in [2.45, 2.75) is 13.8 Å². The third kappa shape index (κ3) is 2.10. The maximum atomic E-state index is 11.3. The summed E-state index contributed by atoms with van der Waals surface area (Å²) in [6.07, 6.45) is 1.58. The molecule has 2 heterocycles. The smallest absolute Gasteiger partial charge is 0.196 e. The van der Waals surface area contributed by atoms with Gasteiger partial charge in [-0.1, -0.05) is 0 Å². The van der Waals surface area contributed by atoms with Crippen LogP contribution in [0.5, 0.6) is 0 Å². The van der Waals surface area contributed by atoms with Crippen molar-refractivity contribution in [1.29, 1.82) is 0 Å². The van der Waals surface area contributed by atoms with E-state index in [4.69, 9.17) is 4.42 Å². The van der Waals surface area contributed by atoms with Crippen molar-refractivity contribution >= 4 is 16.9 Å². The van der Waals surface area contributed by atoms with E-state index in [1.165, 1.54) is 6.92 Å². The zero-order valence-electron chi connectivity index (χ0n) is 10.5. The molecule has 0 spiro atoms. The standard InChI is InChI=1S/C14H11N3O2/c1-8(18)14-15-6-5-11(17-14)10-3-4-13-12(7-10)16-9(2)19-13/h3-7H,1-2H3. The van der Waals surface area contributed by atoms with Gasteiger partial charge in [-0.25, -0.2) is 15.0 Å². The summed E-state index contributed by atoms with van der Waals surface area (Å²) in [4.78, 5) is 23.7. The highest BCUT2D eigenvalue weighted by molar-refractivity contribution is 5.90. The highest BCUT2D eigenvalue weighted by atomic mass is 16.3. The fourth-order valence-electron chi connectivity index (χ4n) is 1.89. The molecule has 0 aliphatic heterocycles. The Kier molecular flexibility index (Phi) is 2.59. The second kappa shape index (κ2) is 4.28. The van der Waals surface area contributed by atoms with Gasteiger partial charge in [-0.3, -0.25) is 4.79 Å². The lowest BCUT2D eigenvalue weighted by Gasteiger charge is -2.01. The Labute approximate surface area is 109 Å². The number of carbonyl (C=O) groups excluding carboxylic acids is 1. The average molecular weight is 253 g/mol. The van der Waals surface area contributed by atoms with Gasteiger partial charge in [0.15, 0.2) is 23.1 Å². The van der Waals surface area contributed by atoms with Gasteiger partial charge in [-0.2, -0.15) is 0 Å². The molecule has 0 saturated heterocycles. The van der Waals surface area contributed by atoms with Crippen molar-refractivity contribution in [1.82, 2.24) is 15.0 Å². The van der Waals surface area contributed by atoms with Crippen molar-refractivity contribution in [2.24, 2.45) is 0 Å². The molecule has 0 saturated carbocycles. The van der Waals surface area contributed by atoms with Gasteiger partial charge >= 0.3 is 0 Å². The van der Waals surface area contributed by atoms with Crippen LogP contribution in [0.2, 0.25) is 0 Å². The number of benzene rings is 1. The van der Waals surface area contributed by atoms with Crippen molar-refractivity contribution < 1.29 is 9.21 Å². The molecule has 0 unspecified atom stereocenters. The largest absolute Gasteiger partial charge is 0.441 e. The fourth-order valence-corrected chi connectivity index (χ4v) is 1.89. The van der Waals surface area contributed by atoms with Crippen LogP contribution in [0.1, 0.15) is 23.4 Å². The van der Waals surface area contributed by atoms with Crippen LogP contribution in [0.4, 0.5) is 0 Å². The molecule has 0 aliphatic rings. The highest BCUT2D eigenvalue weighted by Crippen LogP contribution is 2.23. The second-order valence-corrected chi connectivity index (χ2v) is 4.24. The number of Topliss-reactive ketones (excluding diaryl/α,β-unsaturated/α-hetero) is 1. The normalized spacial score (nSPS) is 10.8. The van der Waals surface area contributed by atoms with Crippen LogP contribution in [-0.2, 0) is 0 Å². The maximum Gasteiger partial charge on any atom is 0.196 e. The van der Waals surface area contributed by atoms with E-state index in [0.717, 1.165) is 16.7 Å². The lowest BCUT2D eigenvalue weighted by Crippen LogP contribution is -2.01. The zero-order chi connectivity index (χ0) is 13.4. The van der Waals surface area contributed by atoms with E-state index in [-0.39, 0.29) is 11.6 Å². The summed E-state index contributed by atoms with van der Waals surface area (Å²) in [5, 5.41) is 0. The van der Waals surface area contributed by atoms with Crippen LogP contribution in [0.15, 0.2) is 34.9 Å². The predicted octanol–water partition coefficient (Wildman–Crippen LogP) is 2.80. The summed E-state index contributed by atoms with van der Waals surface area (Å²) in [5.74, 6) is 0.688. The Morgan fingerprint density at radius 2 is 2.05 bits per heavy atom. The summed E-state index contributed by atoms with van der Waals surface area (Å²) in [7, 11) is 0. The Hall–Kier alpha value is -2.56. The van der Waals surface area contributed by atoms with E-state index in [2.05, 4.69) is 15.0 Å². The number of hydrogen-bond donors (Lipinski definition) is 0. The minimum Gasteiger partial charge on any atom is -0.441 e. The molecular formula is C14H11N3O2. The highest BCUT2D eigenvalue weighted by Gasteiger charge is 2.08. The van der Waals surface area contributed by atoms with Crippen LogP contribution in [0.3, 0.4) is 0 Å². The molecule has 3 rings (SSSR count). The first kappa shape index (κ1) is 11.5. The van der Waals surface area contributed by atoms with Gasteiger partial charge < -0.3 is 4.42 Å². The average Bonchev–Trinajstić information content (AvgIpc) is 2.77. The molecule has 0 aliphatic carbocycles. The topological polar surface area (TPSA) is 68.9 Å². The van der Waals surface area contributed by atoms with Gasteiger partial charge in [0.2, 0.25) is 0 Å². The molecule has 0 amide bonds. The van der Waals surface area contributed by atoms with E-state index in [9.17, 15) is 4.79 Å². The van der Waals surface area contributed by atoms with Crippen LogP contribution >= 0.6 is 0 Å². The molecule has 5 nitrogen and oxygen atoms in total. The number of hydrogen-bond acceptors (Lipinski definition) is 5. The minimum atomic E-state index is -0.153. The molecule has 2 aromatic heterocycles. The van der Waals surface area contributed by atoms with Gasteiger partial charge in [-0.05, 0) is 24.3 Å². The Morgan fingerprint density at radius 1 is 1.21 bits per heavy atom. The second-order valence-electron chi connectivity index (χ2n) is 4.24. The number of aryl methyl sites for hydroxylation is 1. The number of aromatic nitrogens is 3. The van der Waals surface area contributed by atoms with Gasteiger partial charge in [0, 0.05) is 25.6 Å². The number of oxazole rings is 1. The Morgan fingerprint density at radius 3 is 2.84 bits per heavy atom. The van der Waals surface area contributed by atoms with Crippen molar-refractivity contribution in [2.75, 3.05) is 0 Å². The molecule has 19 heavy (non-hydrogen) atoms. The van der Waals surface area contributed by atoms with Crippen LogP contribution in [0, 0.1) is 6.92 Å². The first-order chi connectivity index (χ1) is 9.13. The summed E-state index contributed by atoms with van der Waals surface area (Å²) in [6.45, 7) is 3.25. The van der Waals surface area contributed by atoms with E-state index in [1.807, 2.05) is 18.2 Å². The van der Waals surface area contributed by atoms with E-state index in [1.54, 1.807) is 19.2 Å². The van der Waals surface area contributed by atoms with Gasteiger partial charge in [0.25, 0.3) is 0 Å². The molecule has 0 radical (unpaired) electrons. The predicted molar refractivity (Wildman–Crippen MR) is 69.8 cm³/mol. The van der Waals surface area contributed by atoms with Crippen molar-refractivity contribution in [3.05, 3.63) is 42.2 Å². The number of carbonyl (C=O) groups is 1. The summed E-state index contributed by atoms with van der Waals surface area (Å²) < 4.78 is 5.42. The van der Waals surface area contributed by atoms with Gasteiger partial charge in [0.1, 0.15) is 5.52 Å². The van der Waals surface area contributed by atoms with Crippen molar-refractivity contribution in [3.8, 4) is 11.3 Å². The number of nitrogens with zero attached hydrogens (tertiary/aromatic N) is 3. The molecule has 0 fully saturated rings. The first-order valence-electron chi connectivity index (χ1n) is 5.85. The van der Waals surface area contributed by atoms with Crippen LogP contribution in [0.25, 0.3) is 22.4 Å². The minimum absolute atomic E-state index is 0.153. The zero-order valence-corrected chi connectivity index (χ0v) is 10.5. The third-order valence-corrected chi connectivity index (χ3v) is 2.76. The number of fused-ring (bicyclic) bond motifs is 1. The van der Waals surface area contributed by atoms with Gasteiger partial charge in [0.05, 0.1) is 5.69 Å². The van der Waals surface area contributed by atoms with Crippen LogP contribution in [-0.4, -0.2) is 20.7 Å². The first-order valence-corrected chi connectivity index (χ1v) is 5.85. The number of rotatable bonds is 2. The fraction of sp³-hybridized carbons (Fsp3) is 0.143. The lowest BCUT2D eigenvalue weighted by atomic mass is 10.1. The molecule has 3 aromatic rings. The quantitative estimate of drug-likeness (QED) is 0.657. The van der Waals surface area contributed by atoms with Gasteiger partial charge in [-0.15, -0.1) is 0 Å².